The summed E-state index contributed by atoms with van der Waals surface area (Å²) in [4.78, 5) is 4.65. The highest BCUT2D eigenvalue weighted by atomic mass is 14.7. The topological polar surface area (TPSA) is 12.9 Å². The normalized spacial score (nSPS) is 10.7. The third kappa shape index (κ3) is 1.78. The monoisotopic (exact) mass is 233 g/mol. The first kappa shape index (κ1) is 11.0. The van der Waals surface area contributed by atoms with Gasteiger partial charge in [-0.3, -0.25) is 4.98 Å². The number of benzene rings is 2. The molecule has 0 saturated heterocycles. The van der Waals surface area contributed by atoms with Gasteiger partial charge in [-0.2, -0.15) is 0 Å². The van der Waals surface area contributed by atoms with Crippen LogP contribution in [0.5, 0.6) is 0 Å². The minimum absolute atomic E-state index is 1.02. The number of aryl methyl sites for hydroxylation is 1. The van der Waals surface area contributed by atoms with Crippen LogP contribution in [0.3, 0.4) is 0 Å². The van der Waals surface area contributed by atoms with Gasteiger partial charge >= 0.3 is 0 Å². The lowest BCUT2D eigenvalue weighted by molar-refractivity contribution is 1.13. The van der Waals surface area contributed by atoms with E-state index in [0.717, 1.165) is 12.1 Å². The largest absolute Gasteiger partial charge is 0.255 e. The zero-order chi connectivity index (χ0) is 12.4. The van der Waals surface area contributed by atoms with Crippen LogP contribution in [0, 0.1) is 0 Å². The van der Waals surface area contributed by atoms with Gasteiger partial charge in [0.2, 0.25) is 0 Å². The molecule has 3 rings (SSSR count). The standard InChI is InChI=1S/C17H15N/c1-2-13-12-18-17(14-8-4-3-5-9-14)16-11-7-6-10-15(13)16/h3-12H,2H2,1H3. The number of hydrogen-bond acceptors (Lipinski definition) is 1. The van der Waals surface area contributed by atoms with Crippen LogP contribution >= 0.6 is 0 Å². The number of rotatable bonds is 2. The molecule has 0 aliphatic heterocycles. The molecule has 0 fully saturated rings. The van der Waals surface area contributed by atoms with Crippen molar-refractivity contribution in [3.8, 4) is 11.3 Å². The van der Waals surface area contributed by atoms with Gasteiger partial charge in [-0.25, -0.2) is 0 Å². The molecular formula is C17H15N. The second-order valence-corrected chi connectivity index (χ2v) is 4.40. The average molecular weight is 233 g/mol. The summed E-state index contributed by atoms with van der Waals surface area (Å²) in [5.41, 5.74) is 3.56. The summed E-state index contributed by atoms with van der Waals surface area (Å²) in [7, 11) is 0. The predicted octanol–water partition coefficient (Wildman–Crippen LogP) is 4.46. The Labute approximate surface area is 107 Å². The number of aromatic nitrogens is 1. The molecule has 0 amide bonds. The van der Waals surface area contributed by atoms with E-state index < -0.39 is 0 Å². The molecule has 1 heteroatoms. The zero-order valence-electron chi connectivity index (χ0n) is 10.4. The Morgan fingerprint density at radius 2 is 1.50 bits per heavy atom. The maximum atomic E-state index is 4.65. The Kier molecular flexibility index (Phi) is 2.81. The summed E-state index contributed by atoms with van der Waals surface area (Å²) >= 11 is 0. The highest BCUT2D eigenvalue weighted by molar-refractivity contribution is 5.96. The molecule has 0 atom stereocenters. The second kappa shape index (κ2) is 4.61. The molecule has 2 aromatic carbocycles. The number of hydrogen-bond donors (Lipinski definition) is 0. The van der Waals surface area contributed by atoms with Gasteiger partial charge in [0.05, 0.1) is 5.69 Å². The molecule has 0 spiro atoms. The molecule has 1 nitrogen and oxygen atoms in total. The van der Waals surface area contributed by atoms with Crippen molar-refractivity contribution < 1.29 is 0 Å². The van der Waals surface area contributed by atoms with Crippen LogP contribution in [0.2, 0.25) is 0 Å². The van der Waals surface area contributed by atoms with Crippen molar-refractivity contribution in [1.82, 2.24) is 4.98 Å². The van der Waals surface area contributed by atoms with E-state index in [1.165, 1.54) is 21.9 Å². The Morgan fingerprint density at radius 1 is 0.833 bits per heavy atom. The van der Waals surface area contributed by atoms with Gasteiger partial charge in [-0.1, -0.05) is 61.5 Å². The molecule has 0 N–H and O–H groups in total. The fraction of sp³-hybridized carbons (Fsp3) is 0.118. The Hall–Kier alpha value is -2.15. The summed E-state index contributed by atoms with van der Waals surface area (Å²) in [5, 5.41) is 2.55. The lowest BCUT2D eigenvalue weighted by atomic mass is 10.00. The number of fused-ring (bicyclic) bond motifs is 1. The first-order valence-electron chi connectivity index (χ1n) is 6.32. The molecule has 0 radical (unpaired) electrons. The van der Waals surface area contributed by atoms with E-state index in [-0.39, 0.29) is 0 Å². The van der Waals surface area contributed by atoms with Crippen molar-refractivity contribution >= 4 is 10.8 Å². The minimum Gasteiger partial charge on any atom is -0.255 e. The predicted molar refractivity (Wildman–Crippen MR) is 76.6 cm³/mol. The quantitative estimate of drug-likeness (QED) is 0.636. The van der Waals surface area contributed by atoms with E-state index in [0.29, 0.717) is 0 Å². The van der Waals surface area contributed by atoms with E-state index in [1.54, 1.807) is 0 Å². The van der Waals surface area contributed by atoms with Gasteiger partial charge in [-0.05, 0) is 17.4 Å². The molecule has 18 heavy (non-hydrogen) atoms. The molecule has 88 valence electrons. The van der Waals surface area contributed by atoms with Crippen LogP contribution in [0.25, 0.3) is 22.0 Å². The summed E-state index contributed by atoms with van der Waals surface area (Å²) < 4.78 is 0. The summed E-state index contributed by atoms with van der Waals surface area (Å²) in [6.07, 6.45) is 3.02. The second-order valence-electron chi connectivity index (χ2n) is 4.40. The van der Waals surface area contributed by atoms with Crippen molar-refractivity contribution in [3.05, 3.63) is 66.4 Å². The fourth-order valence-electron chi connectivity index (χ4n) is 2.36. The Morgan fingerprint density at radius 3 is 2.22 bits per heavy atom. The lowest BCUT2D eigenvalue weighted by Gasteiger charge is -2.09. The third-order valence-corrected chi connectivity index (χ3v) is 3.31. The molecule has 0 aliphatic rings. The lowest BCUT2D eigenvalue weighted by Crippen LogP contribution is -1.91. The van der Waals surface area contributed by atoms with Gasteiger partial charge in [0.1, 0.15) is 0 Å². The summed E-state index contributed by atoms with van der Waals surface area (Å²) in [6, 6.07) is 18.9. The number of pyridine rings is 1. The van der Waals surface area contributed by atoms with E-state index in [4.69, 9.17) is 0 Å². The van der Waals surface area contributed by atoms with Gasteiger partial charge in [0.25, 0.3) is 0 Å². The van der Waals surface area contributed by atoms with Gasteiger partial charge < -0.3 is 0 Å². The average Bonchev–Trinajstić information content (AvgIpc) is 2.47. The highest BCUT2D eigenvalue weighted by Gasteiger charge is 2.07. The van der Waals surface area contributed by atoms with Crippen LogP contribution in [-0.2, 0) is 6.42 Å². The van der Waals surface area contributed by atoms with Crippen molar-refractivity contribution in [2.24, 2.45) is 0 Å². The maximum absolute atomic E-state index is 4.65. The fourth-order valence-corrected chi connectivity index (χ4v) is 2.36. The minimum atomic E-state index is 1.02. The van der Waals surface area contributed by atoms with E-state index >= 15 is 0 Å². The molecule has 0 bridgehead atoms. The third-order valence-electron chi connectivity index (χ3n) is 3.31. The van der Waals surface area contributed by atoms with E-state index in [9.17, 15) is 0 Å². The summed E-state index contributed by atoms with van der Waals surface area (Å²) in [6.45, 7) is 2.17. The molecule has 1 aromatic heterocycles. The Bertz CT molecular complexity index is 672. The Balaban J connectivity index is 2.32. The molecule has 3 aromatic rings. The maximum Gasteiger partial charge on any atom is 0.0780 e. The van der Waals surface area contributed by atoms with Crippen LogP contribution in [-0.4, -0.2) is 4.98 Å². The van der Waals surface area contributed by atoms with Crippen LogP contribution in [0.4, 0.5) is 0 Å². The molecule has 0 aliphatic carbocycles. The molecular weight excluding hydrogens is 218 g/mol. The molecule has 0 saturated carbocycles. The first-order valence-corrected chi connectivity index (χ1v) is 6.32. The van der Waals surface area contributed by atoms with Crippen LogP contribution < -0.4 is 0 Å². The van der Waals surface area contributed by atoms with E-state index in [1.807, 2.05) is 12.3 Å². The molecule has 1 heterocycles. The van der Waals surface area contributed by atoms with Crippen LogP contribution in [0.1, 0.15) is 12.5 Å². The smallest absolute Gasteiger partial charge is 0.0780 e. The van der Waals surface area contributed by atoms with Crippen molar-refractivity contribution in [3.63, 3.8) is 0 Å². The highest BCUT2D eigenvalue weighted by Crippen LogP contribution is 2.28. The molecule has 0 unspecified atom stereocenters. The SMILES string of the molecule is CCc1cnc(-c2ccccc2)c2ccccc12. The van der Waals surface area contributed by atoms with Gasteiger partial charge in [0.15, 0.2) is 0 Å². The van der Waals surface area contributed by atoms with Crippen LogP contribution in [0.15, 0.2) is 60.8 Å². The van der Waals surface area contributed by atoms with E-state index in [2.05, 4.69) is 60.4 Å². The summed E-state index contributed by atoms with van der Waals surface area (Å²) in [5.74, 6) is 0. The van der Waals surface area contributed by atoms with Crippen molar-refractivity contribution in [1.29, 1.82) is 0 Å². The first-order chi connectivity index (χ1) is 8.90. The van der Waals surface area contributed by atoms with Gasteiger partial charge in [0, 0.05) is 17.1 Å². The number of nitrogens with zero attached hydrogens (tertiary/aromatic N) is 1. The van der Waals surface area contributed by atoms with Crippen molar-refractivity contribution in [2.75, 3.05) is 0 Å². The zero-order valence-corrected chi connectivity index (χ0v) is 10.4. The van der Waals surface area contributed by atoms with Crippen molar-refractivity contribution in [2.45, 2.75) is 13.3 Å². The van der Waals surface area contributed by atoms with Gasteiger partial charge in [-0.15, -0.1) is 0 Å².